The van der Waals surface area contributed by atoms with Crippen LogP contribution >= 0.6 is 11.8 Å². The molecule has 2 rings (SSSR count). The third kappa shape index (κ3) is 3.43. The van der Waals surface area contributed by atoms with Gasteiger partial charge in [-0.3, -0.25) is 9.36 Å². The molecule has 2 atom stereocenters. The molecular weight excluding hydrogens is 280 g/mol. The average molecular weight is 300 g/mol. The molecule has 1 aromatic rings. The van der Waals surface area contributed by atoms with E-state index in [-0.39, 0.29) is 18.0 Å². The molecule has 20 heavy (non-hydrogen) atoms. The van der Waals surface area contributed by atoms with E-state index in [1.807, 2.05) is 25.3 Å². The fraction of sp³-hybridized carbons (Fsp3) is 0.750. The van der Waals surface area contributed by atoms with Crippen LogP contribution in [0.3, 0.4) is 0 Å². The highest BCUT2D eigenvalue weighted by Gasteiger charge is 2.26. The van der Waals surface area contributed by atoms with Crippen LogP contribution in [0.5, 0.6) is 0 Å². The monoisotopic (exact) mass is 300 g/mol. The molecule has 1 N–H and O–H groups in total. The van der Waals surface area contributed by atoms with E-state index in [1.54, 1.807) is 0 Å². The first-order chi connectivity index (χ1) is 9.51. The Labute approximate surface area is 122 Å². The summed E-state index contributed by atoms with van der Waals surface area (Å²) in [5.74, 6) is -0.0631. The van der Waals surface area contributed by atoms with E-state index in [1.165, 1.54) is 11.8 Å². The molecule has 0 bridgehead atoms. The van der Waals surface area contributed by atoms with Crippen molar-refractivity contribution in [2.75, 3.05) is 23.7 Å². The summed E-state index contributed by atoms with van der Waals surface area (Å²) in [7, 11) is 0. The Kier molecular flexibility index (Phi) is 4.87. The molecule has 1 fully saturated rings. The number of aromatic nitrogens is 3. The molecule has 1 saturated heterocycles. The lowest BCUT2D eigenvalue weighted by Gasteiger charge is -2.35. The van der Waals surface area contributed by atoms with E-state index in [0.29, 0.717) is 11.7 Å². The van der Waals surface area contributed by atoms with Crippen molar-refractivity contribution in [3.8, 4) is 0 Å². The fourth-order valence-electron chi connectivity index (χ4n) is 2.37. The van der Waals surface area contributed by atoms with Gasteiger partial charge in [-0.1, -0.05) is 11.8 Å². The molecule has 1 aliphatic heterocycles. The smallest absolute Gasteiger partial charge is 0.313 e. The number of hydrogen-bond donors (Lipinski definition) is 1. The standard InChI is InChI=1S/C12H20N4O3S/c1-4-16-11(13-14-12(16)20-7-10(17)18)15-5-8(2)19-9(3)6-15/h8-9H,4-7H2,1-3H3,(H,17,18). The van der Waals surface area contributed by atoms with Crippen LogP contribution in [-0.2, 0) is 16.1 Å². The highest BCUT2D eigenvalue weighted by molar-refractivity contribution is 7.99. The van der Waals surface area contributed by atoms with Crippen LogP contribution in [0.4, 0.5) is 5.95 Å². The number of aliphatic carboxylic acids is 1. The lowest BCUT2D eigenvalue weighted by atomic mass is 10.2. The van der Waals surface area contributed by atoms with Gasteiger partial charge < -0.3 is 14.7 Å². The van der Waals surface area contributed by atoms with Gasteiger partial charge in [-0.25, -0.2) is 0 Å². The molecule has 0 saturated carbocycles. The Bertz CT molecular complexity index is 469. The maximum atomic E-state index is 10.7. The summed E-state index contributed by atoms with van der Waals surface area (Å²) < 4.78 is 7.67. The minimum absolute atomic E-state index is 0.00590. The van der Waals surface area contributed by atoms with Gasteiger partial charge in [-0.15, -0.1) is 10.2 Å². The number of thioether (sulfide) groups is 1. The predicted octanol–water partition coefficient (Wildman–Crippen LogP) is 1.09. The quantitative estimate of drug-likeness (QED) is 0.815. The summed E-state index contributed by atoms with van der Waals surface area (Å²) in [4.78, 5) is 12.8. The molecule has 0 aliphatic carbocycles. The van der Waals surface area contributed by atoms with Gasteiger partial charge in [0, 0.05) is 19.6 Å². The van der Waals surface area contributed by atoms with Crippen molar-refractivity contribution >= 4 is 23.7 Å². The van der Waals surface area contributed by atoms with Gasteiger partial charge in [-0.2, -0.15) is 0 Å². The summed E-state index contributed by atoms with van der Waals surface area (Å²) >= 11 is 1.20. The second kappa shape index (κ2) is 6.45. The van der Waals surface area contributed by atoms with Gasteiger partial charge in [-0.05, 0) is 20.8 Å². The minimum Gasteiger partial charge on any atom is -0.481 e. The highest BCUT2D eigenvalue weighted by Crippen LogP contribution is 2.24. The molecule has 0 radical (unpaired) electrons. The maximum Gasteiger partial charge on any atom is 0.313 e. The molecular formula is C12H20N4O3S. The summed E-state index contributed by atoms with van der Waals surface area (Å²) in [6.45, 7) is 8.33. The van der Waals surface area contributed by atoms with Crippen molar-refractivity contribution in [2.45, 2.75) is 44.7 Å². The molecule has 2 unspecified atom stereocenters. The van der Waals surface area contributed by atoms with E-state index in [4.69, 9.17) is 9.84 Å². The first-order valence-corrected chi connectivity index (χ1v) is 7.68. The topological polar surface area (TPSA) is 80.5 Å². The molecule has 0 aromatic carbocycles. The van der Waals surface area contributed by atoms with E-state index < -0.39 is 5.97 Å². The molecule has 0 amide bonds. The van der Waals surface area contributed by atoms with Crippen LogP contribution in [0.25, 0.3) is 0 Å². The van der Waals surface area contributed by atoms with E-state index in [9.17, 15) is 4.79 Å². The number of rotatable bonds is 5. The molecule has 0 spiro atoms. The second-order valence-electron chi connectivity index (χ2n) is 4.87. The Morgan fingerprint density at radius 2 is 2.05 bits per heavy atom. The average Bonchev–Trinajstić information content (AvgIpc) is 2.77. The van der Waals surface area contributed by atoms with Crippen molar-refractivity contribution in [3.63, 3.8) is 0 Å². The van der Waals surface area contributed by atoms with Crippen LogP contribution in [0, 0.1) is 0 Å². The third-order valence-corrected chi connectivity index (χ3v) is 3.99. The van der Waals surface area contributed by atoms with Gasteiger partial charge >= 0.3 is 5.97 Å². The molecule has 7 nitrogen and oxygen atoms in total. The molecule has 112 valence electrons. The first kappa shape index (κ1) is 15.1. The van der Waals surface area contributed by atoms with Gasteiger partial charge in [0.1, 0.15) is 0 Å². The number of carboxylic acid groups (broad SMARTS) is 1. The zero-order valence-corrected chi connectivity index (χ0v) is 12.8. The number of nitrogens with zero attached hydrogens (tertiary/aromatic N) is 4. The Morgan fingerprint density at radius 1 is 1.40 bits per heavy atom. The van der Waals surface area contributed by atoms with Gasteiger partial charge in [0.25, 0.3) is 0 Å². The third-order valence-electron chi connectivity index (χ3n) is 3.04. The van der Waals surface area contributed by atoms with Crippen LogP contribution in [0.2, 0.25) is 0 Å². The van der Waals surface area contributed by atoms with Crippen LogP contribution in [-0.4, -0.2) is 56.9 Å². The van der Waals surface area contributed by atoms with E-state index in [2.05, 4.69) is 15.1 Å². The summed E-state index contributed by atoms with van der Waals surface area (Å²) in [5.41, 5.74) is 0. The van der Waals surface area contributed by atoms with Crippen molar-refractivity contribution in [3.05, 3.63) is 0 Å². The molecule has 8 heteroatoms. The summed E-state index contributed by atoms with van der Waals surface area (Å²) in [5, 5.41) is 17.7. The number of morpholine rings is 1. The number of ether oxygens (including phenoxy) is 1. The second-order valence-corrected chi connectivity index (χ2v) is 5.81. The van der Waals surface area contributed by atoms with Crippen molar-refractivity contribution in [1.82, 2.24) is 14.8 Å². The fourth-order valence-corrected chi connectivity index (χ4v) is 3.08. The van der Waals surface area contributed by atoms with Crippen molar-refractivity contribution < 1.29 is 14.6 Å². The number of hydrogen-bond acceptors (Lipinski definition) is 6. The lowest BCUT2D eigenvalue weighted by molar-refractivity contribution is -0.133. The Morgan fingerprint density at radius 3 is 2.60 bits per heavy atom. The summed E-state index contributed by atoms with van der Waals surface area (Å²) in [6, 6.07) is 0. The highest BCUT2D eigenvalue weighted by atomic mass is 32.2. The molecule has 1 aromatic heterocycles. The van der Waals surface area contributed by atoms with Gasteiger partial charge in [0.15, 0.2) is 5.16 Å². The molecule has 2 heterocycles. The minimum atomic E-state index is -0.851. The van der Waals surface area contributed by atoms with Crippen molar-refractivity contribution in [2.24, 2.45) is 0 Å². The van der Waals surface area contributed by atoms with Gasteiger partial charge in [0.2, 0.25) is 5.95 Å². The SMILES string of the molecule is CCn1c(SCC(=O)O)nnc1N1CC(C)OC(C)C1. The Balaban J connectivity index is 2.17. The van der Waals surface area contributed by atoms with Crippen LogP contribution in [0.15, 0.2) is 5.16 Å². The predicted molar refractivity (Wildman–Crippen MR) is 76.3 cm³/mol. The zero-order chi connectivity index (χ0) is 14.7. The van der Waals surface area contributed by atoms with E-state index >= 15 is 0 Å². The van der Waals surface area contributed by atoms with Crippen LogP contribution in [0.1, 0.15) is 20.8 Å². The van der Waals surface area contributed by atoms with Crippen molar-refractivity contribution in [1.29, 1.82) is 0 Å². The normalized spacial score (nSPS) is 23.1. The lowest BCUT2D eigenvalue weighted by Crippen LogP contribution is -2.46. The van der Waals surface area contributed by atoms with Gasteiger partial charge in [0.05, 0.1) is 18.0 Å². The largest absolute Gasteiger partial charge is 0.481 e. The van der Waals surface area contributed by atoms with Crippen LogP contribution < -0.4 is 4.90 Å². The number of carboxylic acids is 1. The maximum absolute atomic E-state index is 10.7. The summed E-state index contributed by atoms with van der Waals surface area (Å²) in [6.07, 6.45) is 0.298. The number of carbonyl (C=O) groups is 1. The number of anilines is 1. The van der Waals surface area contributed by atoms with E-state index in [0.717, 1.165) is 19.0 Å². The Hall–Kier alpha value is -1.28. The molecule has 1 aliphatic rings. The first-order valence-electron chi connectivity index (χ1n) is 6.69. The zero-order valence-electron chi connectivity index (χ0n) is 11.9.